The maximum Gasteiger partial charge on any atom is 0.121 e. The van der Waals surface area contributed by atoms with Crippen LogP contribution in [0.5, 0.6) is 0 Å². The van der Waals surface area contributed by atoms with E-state index in [4.69, 9.17) is 23.8 Å². The number of fused-ring (bicyclic) bond motifs is 1. The van der Waals surface area contributed by atoms with Gasteiger partial charge >= 0.3 is 0 Å². The molecule has 0 aliphatic heterocycles. The maximum absolute atomic E-state index is 9.32. The Kier molecular flexibility index (Phi) is 3.60. The van der Waals surface area contributed by atoms with Gasteiger partial charge in [-0.1, -0.05) is 36.0 Å². The third kappa shape index (κ3) is 2.26. The van der Waals surface area contributed by atoms with Crippen molar-refractivity contribution in [1.82, 2.24) is 4.98 Å². The summed E-state index contributed by atoms with van der Waals surface area (Å²) in [6.07, 6.45) is 4.19. The average molecular weight is 301 g/mol. The first-order valence-corrected chi connectivity index (χ1v) is 7.43. The van der Waals surface area contributed by atoms with Crippen molar-refractivity contribution in [1.29, 1.82) is 5.26 Å². The molecule has 1 N–H and O–H groups in total. The van der Waals surface area contributed by atoms with Crippen molar-refractivity contribution in [2.45, 2.75) is 25.7 Å². The lowest BCUT2D eigenvalue weighted by atomic mass is 9.86. The van der Waals surface area contributed by atoms with Crippen LogP contribution in [0.2, 0.25) is 5.02 Å². The first kappa shape index (κ1) is 13.4. The highest BCUT2D eigenvalue weighted by Crippen LogP contribution is 2.33. The van der Waals surface area contributed by atoms with E-state index in [1.54, 1.807) is 0 Å². The van der Waals surface area contributed by atoms with Crippen LogP contribution in [-0.2, 0) is 12.8 Å². The van der Waals surface area contributed by atoms with Crippen LogP contribution in [0.25, 0.3) is 11.3 Å². The van der Waals surface area contributed by atoms with Gasteiger partial charge in [0.25, 0.3) is 0 Å². The second kappa shape index (κ2) is 5.40. The van der Waals surface area contributed by atoms with E-state index in [9.17, 15) is 5.26 Å². The molecule has 0 bridgehead atoms. The number of benzene rings is 1. The molecule has 1 aliphatic carbocycles. The zero-order valence-corrected chi connectivity index (χ0v) is 12.4. The van der Waals surface area contributed by atoms with Crippen molar-refractivity contribution >= 4 is 23.8 Å². The molecular weight excluding hydrogens is 288 g/mol. The second-order valence-electron chi connectivity index (χ2n) is 4.99. The fraction of sp³-hybridized carbons (Fsp3) is 0.250. The molecule has 100 valence electrons. The fourth-order valence-corrected chi connectivity index (χ4v) is 3.32. The van der Waals surface area contributed by atoms with E-state index in [2.05, 4.69) is 11.1 Å². The van der Waals surface area contributed by atoms with E-state index in [1.165, 1.54) is 5.56 Å². The highest BCUT2D eigenvalue weighted by molar-refractivity contribution is 7.71. The van der Waals surface area contributed by atoms with Gasteiger partial charge in [-0.25, -0.2) is 0 Å². The summed E-state index contributed by atoms with van der Waals surface area (Å²) in [7, 11) is 0. The van der Waals surface area contributed by atoms with Crippen LogP contribution in [0.4, 0.5) is 0 Å². The number of aromatic amines is 1. The van der Waals surface area contributed by atoms with Crippen LogP contribution in [0.3, 0.4) is 0 Å². The SMILES string of the molecule is N#Cc1c2c(c(-c3cccc(Cl)c3)[nH]c1=S)CCCC2. The van der Waals surface area contributed by atoms with E-state index in [-0.39, 0.29) is 0 Å². The van der Waals surface area contributed by atoms with Crippen molar-refractivity contribution < 1.29 is 0 Å². The number of rotatable bonds is 1. The predicted octanol–water partition coefficient (Wildman–Crippen LogP) is 4.82. The van der Waals surface area contributed by atoms with Crippen molar-refractivity contribution in [3.63, 3.8) is 0 Å². The van der Waals surface area contributed by atoms with Crippen molar-refractivity contribution in [2.75, 3.05) is 0 Å². The Morgan fingerprint density at radius 1 is 1.20 bits per heavy atom. The van der Waals surface area contributed by atoms with Crippen LogP contribution in [-0.4, -0.2) is 4.98 Å². The molecule has 0 fully saturated rings. The Morgan fingerprint density at radius 2 is 1.95 bits per heavy atom. The van der Waals surface area contributed by atoms with Gasteiger partial charge in [-0.15, -0.1) is 0 Å². The number of nitrogens with zero attached hydrogens (tertiary/aromatic N) is 1. The van der Waals surface area contributed by atoms with Gasteiger partial charge in [0.2, 0.25) is 0 Å². The van der Waals surface area contributed by atoms with Crippen LogP contribution in [0.15, 0.2) is 24.3 Å². The van der Waals surface area contributed by atoms with Gasteiger partial charge in [0, 0.05) is 5.02 Å². The number of pyridine rings is 1. The fourth-order valence-electron chi connectivity index (χ4n) is 2.85. The van der Waals surface area contributed by atoms with E-state index < -0.39 is 0 Å². The highest BCUT2D eigenvalue weighted by atomic mass is 35.5. The molecule has 1 aromatic carbocycles. The Labute approximate surface area is 128 Å². The first-order valence-electron chi connectivity index (χ1n) is 6.65. The minimum Gasteiger partial charge on any atom is -0.345 e. The molecule has 0 atom stereocenters. The second-order valence-corrected chi connectivity index (χ2v) is 5.84. The summed E-state index contributed by atoms with van der Waals surface area (Å²) < 4.78 is 0.531. The largest absolute Gasteiger partial charge is 0.345 e. The molecule has 0 spiro atoms. The third-order valence-electron chi connectivity index (χ3n) is 3.76. The zero-order chi connectivity index (χ0) is 14.1. The lowest BCUT2D eigenvalue weighted by Crippen LogP contribution is -2.09. The lowest BCUT2D eigenvalue weighted by Gasteiger charge is -2.21. The van der Waals surface area contributed by atoms with Gasteiger partial charge < -0.3 is 4.98 Å². The molecule has 1 heterocycles. The van der Waals surface area contributed by atoms with Gasteiger partial charge in [0.1, 0.15) is 10.7 Å². The standard InChI is InChI=1S/C16H13ClN2S/c17-11-5-3-4-10(8-11)15-13-7-2-1-6-12(13)14(9-18)16(20)19-15/h3-5,8H,1-2,6-7H2,(H,19,20). The van der Waals surface area contributed by atoms with E-state index in [0.29, 0.717) is 15.2 Å². The Balaban J connectivity index is 2.30. The molecule has 0 saturated carbocycles. The molecule has 2 nitrogen and oxygen atoms in total. The maximum atomic E-state index is 9.32. The van der Waals surface area contributed by atoms with E-state index >= 15 is 0 Å². The Hall–Kier alpha value is -1.63. The van der Waals surface area contributed by atoms with Gasteiger partial charge in [0.05, 0.1) is 11.3 Å². The van der Waals surface area contributed by atoms with Crippen LogP contribution in [0.1, 0.15) is 29.5 Å². The topological polar surface area (TPSA) is 39.6 Å². The number of nitrogens with one attached hydrogen (secondary N) is 1. The minimum absolute atomic E-state index is 0.531. The monoisotopic (exact) mass is 300 g/mol. The molecule has 1 aliphatic rings. The predicted molar refractivity (Wildman–Crippen MR) is 83.4 cm³/mol. The molecule has 4 heteroatoms. The Morgan fingerprint density at radius 3 is 2.65 bits per heavy atom. The van der Waals surface area contributed by atoms with E-state index in [0.717, 1.165) is 42.5 Å². The molecule has 3 rings (SSSR count). The lowest BCUT2D eigenvalue weighted by molar-refractivity contribution is 0.681. The molecule has 0 amide bonds. The van der Waals surface area contributed by atoms with E-state index in [1.807, 2.05) is 24.3 Å². The molecule has 2 aromatic rings. The zero-order valence-electron chi connectivity index (χ0n) is 10.9. The van der Waals surface area contributed by atoms with Crippen molar-refractivity contribution in [2.24, 2.45) is 0 Å². The number of H-pyrrole nitrogens is 1. The summed E-state index contributed by atoms with van der Waals surface area (Å²) in [6.45, 7) is 0. The highest BCUT2D eigenvalue weighted by Gasteiger charge is 2.19. The third-order valence-corrected chi connectivity index (χ3v) is 4.30. The summed E-state index contributed by atoms with van der Waals surface area (Å²) >= 11 is 11.4. The number of aromatic nitrogens is 1. The summed E-state index contributed by atoms with van der Waals surface area (Å²) in [5.74, 6) is 0. The normalized spacial score (nSPS) is 13.6. The van der Waals surface area contributed by atoms with Crippen molar-refractivity contribution in [3.8, 4) is 17.3 Å². The van der Waals surface area contributed by atoms with Crippen LogP contribution in [0, 0.1) is 16.0 Å². The number of hydrogen-bond acceptors (Lipinski definition) is 2. The Bertz CT molecular complexity index is 771. The summed E-state index contributed by atoms with van der Waals surface area (Å²) in [5.41, 5.74) is 5.04. The minimum atomic E-state index is 0.531. The number of nitriles is 1. The average Bonchev–Trinajstić information content (AvgIpc) is 2.46. The van der Waals surface area contributed by atoms with Crippen LogP contribution >= 0.6 is 23.8 Å². The molecule has 1 aromatic heterocycles. The summed E-state index contributed by atoms with van der Waals surface area (Å²) in [4.78, 5) is 3.23. The van der Waals surface area contributed by atoms with Gasteiger partial charge in [-0.2, -0.15) is 5.26 Å². The smallest absolute Gasteiger partial charge is 0.121 e. The number of halogens is 1. The van der Waals surface area contributed by atoms with Crippen LogP contribution < -0.4 is 0 Å². The molecule has 0 saturated heterocycles. The van der Waals surface area contributed by atoms with Gasteiger partial charge in [0.15, 0.2) is 0 Å². The summed E-state index contributed by atoms with van der Waals surface area (Å²) in [5, 5.41) is 10.0. The molecule has 20 heavy (non-hydrogen) atoms. The molecule has 0 radical (unpaired) electrons. The molecule has 0 unspecified atom stereocenters. The first-order chi connectivity index (χ1) is 9.70. The quantitative estimate of drug-likeness (QED) is 0.767. The number of hydrogen-bond donors (Lipinski definition) is 1. The van der Waals surface area contributed by atoms with Crippen molar-refractivity contribution in [3.05, 3.63) is 50.6 Å². The van der Waals surface area contributed by atoms with Gasteiger partial charge in [-0.3, -0.25) is 0 Å². The van der Waals surface area contributed by atoms with Gasteiger partial charge in [-0.05, 0) is 54.5 Å². The summed E-state index contributed by atoms with van der Waals surface area (Å²) in [6, 6.07) is 10.00. The molecular formula is C16H13ClN2S.